The second-order valence-corrected chi connectivity index (χ2v) is 6.89. The number of carbonyl (C=O) groups excluding carboxylic acids is 1. The summed E-state index contributed by atoms with van der Waals surface area (Å²) in [5, 5.41) is 3.13. The number of hydrogen-bond donors (Lipinski definition) is 1. The van der Waals surface area contributed by atoms with Crippen LogP contribution < -0.4 is 5.32 Å². The lowest BCUT2D eigenvalue weighted by atomic mass is 10.2. The molecule has 0 unspecified atom stereocenters. The first-order valence-electron chi connectivity index (χ1n) is 7.99. The van der Waals surface area contributed by atoms with Crippen molar-refractivity contribution in [1.29, 1.82) is 0 Å². The number of anilines is 1. The molecule has 24 heavy (non-hydrogen) atoms. The number of fused-ring (bicyclic) bond motifs is 1. The molecule has 1 N–H and O–H groups in total. The first-order chi connectivity index (χ1) is 11.7. The third-order valence-corrected chi connectivity index (χ3v) is 4.97. The van der Waals surface area contributed by atoms with Crippen molar-refractivity contribution in [2.24, 2.45) is 0 Å². The van der Waals surface area contributed by atoms with Crippen molar-refractivity contribution in [3.05, 3.63) is 41.9 Å². The molecule has 0 saturated heterocycles. The van der Waals surface area contributed by atoms with E-state index < -0.39 is 0 Å². The molecule has 1 fully saturated rings. The van der Waals surface area contributed by atoms with E-state index in [1.165, 1.54) is 24.6 Å². The Labute approximate surface area is 144 Å². The van der Waals surface area contributed by atoms with E-state index >= 15 is 0 Å². The molecule has 3 aromatic rings. The van der Waals surface area contributed by atoms with Gasteiger partial charge in [-0.25, -0.2) is 9.97 Å². The van der Waals surface area contributed by atoms with Crippen LogP contribution in [0.25, 0.3) is 16.9 Å². The Morgan fingerprint density at radius 3 is 2.79 bits per heavy atom. The molecule has 1 aliphatic rings. The van der Waals surface area contributed by atoms with Crippen LogP contribution in [0, 0.1) is 6.92 Å². The SMILES string of the molecule is CNc1ccc(-n2c(C3CC3)nc3ccc(C)nc32)cc1SC=O. The topological polar surface area (TPSA) is 59.8 Å². The maximum Gasteiger partial charge on any atom is 0.181 e. The summed E-state index contributed by atoms with van der Waals surface area (Å²) >= 11 is 1.18. The fourth-order valence-corrected chi connectivity index (χ4v) is 3.53. The molecule has 4 rings (SSSR count). The highest BCUT2D eigenvalue weighted by molar-refractivity contribution is 8.12. The van der Waals surface area contributed by atoms with Crippen LogP contribution in [0.4, 0.5) is 5.69 Å². The molecule has 0 aliphatic heterocycles. The molecule has 6 heteroatoms. The second-order valence-electron chi connectivity index (χ2n) is 6.02. The number of imidazole rings is 1. The average Bonchev–Trinajstić information content (AvgIpc) is 3.36. The van der Waals surface area contributed by atoms with E-state index in [-0.39, 0.29) is 0 Å². The van der Waals surface area contributed by atoms with Crippen molar-refractivity contribution >= 4 is 34.2 Å². The van der Waals surface area contributed by atoms with E-state index in [4.69, 9.17) is 9.97 Å². The van der Waals surface area contributed by atoms with Crippen LogP contribution in [0.15, 0.2) is 35.2 Å². The van der Waals surface area contributed by atoms with E-state index in [0.29, 0.717) is 5.92 Å². The van der Waals surface area contributed by atoms with Crippen LogP contribution >= 0.6 is 11.8 Å². The summed E-state index contributed by atoms with van der Waals surface area (Å²) in [6.07, 6.45) is 2.35. The smallest absolute Gasteiger partial charge is 0.181 e. The second kappa shape index (κ2) is 5.94. The number of carbonyl (C=O) groups is 1. The number of rotatable bonds is 5. The minimum Gasteiger partial charge on any atom is -0.387 e. The first kappa shape index (κ1) is 15.2. The Morgan fingerprint density at radius 2 is 2.08 bits per heavy atom. The summed E-state index contributed by atoms with van der Waals surface area (Å²) in [5.74, 6) is 1.58. The van der Waals surface area contributed by atoms with E-state index in [2.05, 4.69) is 16.0 Å². The van der Waals surface area contributed by atoms with Crippen molar-refractivity contribution in [1.82, 2.24) is 14.5 Å². The van der Waals surface area contributed by atoms with Crippen LogP contribution in [-0.2, 0) is 4.79 Å². The summed E-state index contributed by atoms with van der Waals surface area (Å²) in [6, 6.07) is 10.1. The third-order valence-electron chi connectivity index (χ3n) is 4.28. The molecular formula is C18H18N4OS. The summed E-state index contributed by atoms with van der Waals surface area (Å²) in [7, 11) is 1.86. The number of nitrogens with one attached hydrogen (secondary N) is 1. The fourth-order valence-electron chi connectivity index (χ4n) is 2.95. The molecule has 0 radical (unpaired) electrons. The van der Waals surface area contributed by atoms with Crippen molar-refractivity contribution < 1.29 is 4.79 Å². The Hall–Kier alpha value is -2.34. The van der Waals surface area contributed by atoms with E-state index in [0.717, 1.165) is 44.6 Å². The number of benzene rings is 1. The van der Waals surface area contributed by atoms with Crippen LogP contribution in [0.1, 0.15) is 30.3 Å². The Bertz CT molecular complexity index is 930. The summed E-state index contributed by atoms with van der Waals surface area (Å²) in [5.41, 5.74) is 5.58. The maximum atomic E-state index is 11.0. The predicted octanol–water partition coefficient (Wildman–Crippen LogP) is 3.93. The van der Waals surface area contributed by atoms with Gasteiger partial charge in [-0.3, -0.25) is 9.36 Å². The number of aromatic nitrogens is 3. The van der Waals surface area contributed by atoms with Gasteiger partial charge in [-0.1, -0.05) is 11.8 Å². The van der Waals surface area contributed by atoms with Crippen LogP contribution in [0.2, 0.25) is 0 Å². The predicted molar refractivity (Wildman–Crippen MR) is 97.7 cm³/mol. The lowest BCUT2D eigenvalue weighted by molar-refractivity contribution is 0.570. The Kier molecular flexibility index (Phi) is 3.76. The molecule has 0 bridgehead atoms. The zero-order chi connectivity index (χ0) is 16.7. The number of aryl methyl sites for hydroxylation is 1. The molecule has 0 amide bonds. The minimum atomic E-state index is 0.505. The highest BCUT2D eigenvalue weighted by atomic mass is 32.2. The lowest BCUT2D eigenvalue weighted by Crippen LogP contribution is -2.02. The van der Waals surface area contributed by atoms with Crippen molar-refractivity contribution in [3.8, 4) is 5.69 Å². The summed E-state index contributed by atoms with van der Waals surface area (Å²) < 4.78 is 2.15. The van der Waals surface area contributed by atoms with Crippen LogP contribution in [0.5, 0.6) is 0 Å². The number of thioether (sulfide) groups is 1. The standard InChI is InChI=1S/C18H18N4OS/c1-11-3-7-15-18(20-11)22(17(21-15)12-4-5-12)13-6-8-14(19-2)16(9-13)24-10-23/h3,6-10,12,19H,4-5H2,1-2H3. The number of pyridine rings is 1. The van der Waals surface area contributed by atoms with Gasteiger partial charge in [0.1, 0.15) is 11.3 Å². The number of hydrogen-bond acceptors (Lipinski definition) is 5. The van der Waals surface area contributed by atoms with Gasteiger partial charge in [-0.15, -0.1) is 0 Å². The zero-order valence-electron chi connectivity index (χ0n) is 13.6. The molecule has 2 aromatic heterocycles. The van der Waals surface area contributed by atoms with Gasteiger partial charge in [0.05, 0.1) is 5.69 Å². The van der Waals surface area contributed by atoms with Gasteiger partial charge in [0.2, 0.25) is 0 Å². The van der Waals surface area contributed by atoms with E-state index in [9.17, 15) is 4.79 Å². The minimum absolute atomic E-state index is 0.505. The normalized spacial score (nSPS) is 14.1. The summed E-state index contributed by atoms with van der Waals surface area (Å²) in [6.45, 7) is 1.99. The third kappa shape index (κ3) is 2.57. The molecule has 1 saturated carbocycles. The van der Waals surface area contributed by atoms with E-state index in [1.54, 1.807) is 0 Å². The Morgan fingerprint density at radius 1 is 1.25 bits per heavy atom. The largest absolute Gasteiger partial charge is 0.387 e. The van der Waals surface area contributed by atoms with Gasteiger partial charge in [0.25, 0.3) is 0 Å². The molecule has 0 atom stereocenters. The molecule has 2 heterocycles. The van der Waals surface area contributed by atoms with Crippen LogP contribution in [-0.4, -0.2) is 27.2 Å². The van der Waals surface area contributed by atoms with Crippen molar-refractivity contribution in [2.75, 3.05) is 12.4 Å². The lowest BCUT2D eigenvalue weighted by Gasteiger charge is -2.12. The van der Waals surface area contributed by atoms with Gasteiger partial charge < -0.3 is 5.32 Å². The quantitative estimate of drug-likeness (QED) is 0.564. The molecule has 5 nitrogen and oxygen atoms in total. The fraction of sp³-hybridized carbons (Fsp3) is 0.278. The molecule has 122 valence electrons. The first-order valence-corrected chi connectivity index (χ1v) is 8.87. The highest BCUT2D eigenvalue weighted by Gasteiger charge is 2.30. The summed E-state index contributed by atoms with van der Waals surface area (Å²) in [4.78, 5) is 21.4. The molecular weight excluding hydrogens is 320 g/mol. The molecule has 0 spiro atoms. The Balaban J connectivity index is 1.95. The van der Waals surface area contributed by atoms with Crippen LogP contribution in [0.3, 0.4) is 0 Å². The van der Waals surface area contributed by atoms with Gasteiger partial charge in [-0.2, -0.15) is 0 Å². The zero-order valence-corrected chi connectivity index (χ0v) is 14.4. The highest BCUT2D eigenvalue weighted by Crippen LogP contribution is 2.42. The van der Waals surface area contributed by atoms with Gasteiger partial charge in [-0.05, 0) is 50.1 Å². The van der Waals surface area contributed by atoms with E-state index in [1.807, 2.05) is 38.2 Å². The van der Waals surface area contributed by atoms with Crippen molar-refractivity contribution in [3.63, 3.8) is 0 Å². The average molecular weight is 338 g/mol. The van der Waals surface area contributed by atoms with Gasteiger partial charge >= 0.3 is 0 Å². The number of nitrogens with zero attached hydrogens (tertiary/aromatic N) is 3. The van der Waals surface area contributed by atoms with Gasteiger partial charge in [0.15, 0.2) is 11.3 Å². The van der Waals surface area contributed by atoms with Gasteiger partial charge in [0, 0.05) is 29.2 Å². The molecule has 1 aliphatic carbocycles. The molecule has 1 aromatic carbocycles. The maximum absolute atomic E-state index is 11.0. The van der Waals surface area contributed by atoms with Crippen molar-refractivity contribution in [2.45, 2.75) is 30.6 Å². The monoisotopic (exact) mass is 338 g/mol.